The number of aromatic nitrogens is 2. The minimum Gasteiger partial charge on any atom is -0.369 e. The number of carbonyl (C=O) groups is 1. The summed E-state index contributed by atoms with van der Waals surface area (Å²) in [5.41, 5.74) is 1.95. The molecule has 1 aliphatic rings. The van der Waals surface area contributed by atoms with Crippen molar-refractivity contribution in [3.05, 3.63) is 29.8 Å². The largest absolute Gasteiger partial charge is 0.369 e. The highest BCUT2D eigenvalue weighted by Crippen LogP contribution is 2.28. The Bertz CT molecular complexity index is 770. The molecule has 26 heavy (non-hydrogen) atoms. The lowest BCUT2D eigenvalue weighted by Gasteiger charge is -2.41. The van der Waals surface area contributed by atoms with Crippen molar-refractivity contribution in [3.8, 4) is 10.6 Å². The molecule has 0 saturated carbocycles. The van der Waals surface area contributed by atoms with E-state index in [2.05, 4.69) is 41.5 Å². The van der Waals surface area contributed by atoms with E-state index in [0.717, 1.165) is 10.6 Å². The van der Waals surface area contributed by atoms with E-state index in [1.54, 1.807) is 4.90 Å². The van der Waals surface area contributed by atoms with Crippen LogP contribution < -0.4 is 5.32 Å². The van der Waals surface area contributed by atoms with Gasteiger partial charge in [0.05, 0.1) is 18.2 Å². The maximum atomic E-state index is 12.6. The normalized spacial score (nSPS) is 19.6. The van der Waals surface area contributed by atoms with Crippen LogP contribution in [0.1, 0.15) is 46.1 Å². The van der Waals surface area contributed by atoms with E-state index in [1.165, 1.54) is 16.9 Å². The van der Waals surface area contributed by atoms with E-state index in [1.807, 2.05) is 32.9 Å². The van der Waals surface area contributed by atoms with Crippen LogP contribution in [0.25, 0.3) is 10.6 Å². The molecule has 0 aliphatic carbocycles. The van der Waals surface area contributed by atoms with Gasteiger partial charge in [0.2, 0.25) is 5.13 Å². The fraction of sp³-hybridized carbons (Fsp3) is 0.526. The third-order valence-electron chi connectivity index (χ3n) is 4.32. The van der Waals surface area contributed by atoms with Gasteiger partial charge in [0, 0.05) is 12.1 Å². The number of hydrogen-bond acceptors (Lipinski definition) is 5. The molecule has 2 aromatic rings. The van der Waals surface area contributed by atoms with E-state index in [9.17, 15) is 4.79 Å². The second-order valence-corrected chi connectivity index (χ2v) is 8.67. The molecule has 1 N–H and O–H groups in total. The Morgan fingerprint density at radius 3 is 2.62 bits per heavy atom. The SMILES string of the molecule is CC(C)c1ccc(-c2nnc(NC(=O)N3C[C@@H](C)OC(C)(C)C3)s2)cc1. The molecule has 1 saturated heterocycles. The predicted octanol–water partition coefficient (Wildman–Crippen LogP) is 4.36. The molecule has 7 heteroatoms. The summed E-state index contributed by atoms with van der Waals surface area (Å²) in [6, 6.07) is 8.15. The van der Waals surface area contributed by atoms with E-state index in [-0.39, 0.29) is 17.7 Å². The van der Waals surface area contributed by atoms with Crippen LogP contribution in [0, 0.1) is 0 Å². The molecular weight excluding hydrogens is 348 g/mol. The third kappa shape index (κ3) is 4.40. The third-order valence-corrected chi connectivity index (χ3v) is 5.21. The Labute approximate surface area is 158 Å². The molecule has 1 aromatic carbocycles. The van der Waals surface area contributed by atoms with E-state index >= 15 is 0 Å². The minimum absolute atomic E-state index is 0.00829. The summed E-state index contributed by atoms with van der Waals surface area (Å²) in [5, 5.41) is 12.5. The first-order valence-corrected chi connectivity index (χ1v) is 9.73. The molecule has 0 bridgehead atoms. The first-order valence-electron chi connectivity index (χ1n) is 8.91. The Kier molecular flexibility index (Phi) is 5.29. The molecule has 0 spiro atoms. The number of nitrogens with zero attached hydrogens (tertiary/aromatic N) is 3. The van der Waals surface area contributed by atoms with E-state index in [0.29, 0.717) is 24.1 Å². The molecule has 1 aliphatic heterocycles. The smallest absolute Gasteiger partial charge is 0.323 e. The monoisotopic (exact) mass is 374 g/mol. The van der Waals surface area contributed by atoms with Crippen molar-refractivity contribution in [2.45, 2.75) is 52.2 Å². The van der Waals surface area contributed by atoms with Crippen molar-refractivity contribution in [1.82, 2.24) is 15.1 Å². The number of carbonyl (C=O) groups excluding carboxylic acids is 1. The molecule has 3 rings (SSSR count). The molecule has 6 nitrogen and oxygen atoms in total. The average Bonchev–Trinajstić information content (AvgIpc) is 3.01. The van der Waals surface area contributed by atoms with Crippen molar-refractivity contribution in [3.63, 3.8) is 0 Å². The number of benzene rings is 1. The predicted molar refractivity (Wildman–Crippen MR) is 105 cm³/mol. The Balaban J connectivity index is 1.67. The number of nitrogens with one attached hydrogen (secondary N) is 1. The average molecular weight is 375 g/mol. The Morgan fingerprint density at radius 2 is 2.00 bits per heavy atom. The van der Waals surface area contributed by atoms with Crippen LogP contribution in [-0.2, 0) is 4.74 Å². The highest BCUT2D eigenvalue weighted by atomic mass is 32.1. The zero-order chi connectivity index (χ0) is 18.9. The van der Waals surface area contributed by atoms with E-state index in [4.69, 9.17) is 4.74 Å². The van der Waals surface area contributed by atoms with Crippen LogP contribution in [0.3, 0.4) is 0 Å². The summed E-state index contributed by atoms with van der Waals surface area (Å²) >= 11 is 1.38. The fourth-order valence-electron chi connectivity index (χ4n) is 3.18. The summed E-state index contributed by atoms with van der Waals surface area (Å²) in [4.78, 5) is 14.3. The second kappa shape index (κ2) is 7.32. The molecule has 0 unspecified atom stereocenters. The lowest BCUT2D eigenvalue weighted by atomic mass is 10.0. The lowest BCUT2D eigenvalue weighted by Crippen LogP contribution is -2.54. The zero-order valence-corrected chi connectivity index (χ0v) is 16.8. The number of amides is 2. The van der Waals surface area contributed by atoms with Gasteiger partial charge in [-0.25, -0.2) is 4.79 Å². The minimum atomic E-state index is -0.348. The van der Waals surface area contributed by atoms with Gasteiger partial charge in [0.25, 0.3) is 0 Å². The molecular formula is C19H26N4O2S. The lowest BCUT2D eigenvalue weighted by molar-refractivity contribution is -0.116. The number of morpholine rings is 1. The Hall–Kier alpha value is -1.99. The van der Waals surface area contributed by atoms with Gasteiger partial charge in [-0.2, -0.15) is 0 Å². The molecule has 0 radical (unpaired) electrons. The molecule has 2 amide bonds. The van der Waals surface area contributed by atoms with Gasteiger partial charge in [-0.05, 0) is 32.3 Å². The highest BCUT2D eigenvalue weighted by Gasteiger charge is 2.34. The summed E-state index contributed by atoms with van der Waals surface area (Å²) in [6.45, 7) is 11.4. The van der Waals surface area contributed by atoms with E-state index < -0.39 is 0 Å². The van der Waals surface area contributed by atoms with Gasteiger partial charge in [-0.1, -0.05) is 49.4 Å². The number of anilines is 1. The van der Waals surface area contributed by atoms with Gasteiger partial charge in [-0.15, -0.1) is 10.2 Å². The van der Waals surface area contributed by atoms with Crippen LogP contribution in [0.2, 0.25) is 0 Å². The first-order chi connectivity index (χ1) is 12.2. The number of rotatable bonds is 3. The van der Waals surface area contributed by atoms with Gasteiger partial charge < -0.3 is 9.64 Å². The second-order valence-electron chi connectivity index (χ2n) is 7.69. The molecule has 2 heterocycles. The van der Waals surface area contributed by atoms with Crippen molar-refractivity contribution >= 4 is 22.5 Å². The maximum absolute atomic E-state index is 12.6. The van der Waals surface area contributed by atoms with Crippen LogP contribution in [0.5, 0.6) is 0 Å². The maximum Gasteiger partial charge on any atom is 0.323 e. The van der Waals surface area contributed by atoms with Crippen LogP contribution in [0.15, 0.2) is 24.3 Å². The summed E-state index contributed by atoms with van der Waals surface area (Å²) in [6.07, 6.45) is 0.00829. The summed E-state index contributed by atoms with van der Waals surface area (Å²) in [7, 11) is 0. The number of urea groups is 1. The van der Waals surface area contributed by atoms with Gasteiger partial charge >= 0.3 is 6.03 Å². The van der Waals surface area contributed by atoms with Crippen molar-refractivity contribution in [2.24, 2.45) is 0 Å². The quantitative estimate of drug-likeness (QED) is 0.867. The molecule has 1 fully saturated rings. The van der Waals surface area contributed by atoms with Gasteiger partial charge in [0.15, 0.2) is 0 Å². The molecule has 140 valence electrons. The number of ether oxygens (including phenoxy) is 1. The molecule has 1 atom stereocenters. The summed E-state index contributed by atoms with van der Waals surface area (Å²) < 4.78 is 5.85. The highest BCUT2D eigenvalue weighted by molar-refractivity contribution is 7.18. The topological polar surface area (TPSA) is 67.4 Å². The van der Waals surface area contributed by atoms with Gasteiger partial charge in [0.1, 0.15) is 5.01 Å². The summed E-state index contributed by atoms with van der Waals surface area (Å²) in [5.74, 6) is 0.494. The van der Waals surface area contributed by atoms with Crippen molar-refractivity contribution in [2.75, 3.05) is 18.4 Å². The van der Waals surface area contributed by atoms with Gasteiger partial charge in [-0.3, -0.25) is 5.32 Å². The van der Waals surface area contributed by atoms with Crippen LogP contribution in [0.4, 0.5) is 9.93 Å². The molecule has 1 aromatic heterocycles. The zero-order valence-electron chi connectivity index (χ0n) is 15.9. The number of hydrogen-bond donors (Lipinski definition) is 1. The van der Waals surface area contributed by atoms with Crippen LogP contribution in [-0.4, -0.2) is 45.9 Å². The standard InChI is InChI=1S/C19H26N4O2S/c1-12(2)14-6-8-15(9-7-14)16-21-22-17(26-16)20-18(24)23-10-13(3)25-19(4,5)11-23/h6-9,12-13H,10-11H2,1-5H3,(H,20,22,24)/t13-/m1/s1. The first kappa shape index (κ1) is 18.8. The van der Waals surface area contributed by atoms with Crippen molar-refractivity contribution in [1.29, 1.82) is 0 Å². The van der Waals surface area contributed by atoms with Crippen LogP contribution >= 0.6 is 11.3 Å². The fourth-order valence-corrected chi connectivity index (χ4v) is 3.92. The Morgan fingerprint density at radius 1 is 1.31 bits per heavy atom. The van der Waals surface area contributed by atoms with Crippen molar-refractivity contribution < 1.29 is 9.53 Å².